The molecule has 0 heterocycles. The lowest BCUT2D eigenvalue weighted by Gasteiger charge is -2.07. The van der Waals surface area contributed by atoms with Crippen LogP contribution in [0.1, 0.15) is 22.8 Å². The lowest BCUT2D eigenvalue weighted by atomic mass is 10.1. The van der Waals surface area contributed by atoms with E-state index < -0.39 is 17.5 Å². The van der Waals surface area contributed by atoms with Gasteiger partial charge in [-0.25, -0.2) is 13.2 Å². The summed E-state index contributed by atoms with van der Waals surface area (Å²) in [5.74, 6) is -2.45. The van der Waals surface area contributed by atoms with E-state index in [2.05, 4.69) is 5.32 Å². The molecule has 132 valence electrons. The summed E-state index contributed by atoms with van der Waals surface area (Å²) in [4.78, 5) is 23.2. The fraction of sp³-hybridized carbons (Fsp3) is 0.222. The molecule has 0 aliphatic carbocycles. The monoisotopic (exact) mass is 367 g/mol. The summed E-state index contributed by atoms with van der Waals surface area (Å²) in [6.45, 7) is 1.56. The molecule has 3 nitrogen and oxygen atoms in total. The van der Waals surface area contributed by atoms with Crippen molar-refractivity contribution in [3.63, 3.8) is 0 Å². The van der Waals surface area contributed by atoms with Gasteiger partial charge in [0.2, 0.25) is 5.91 Å². The van der Waals surface area contributed by atoms with Gasteiger partial charge in [0.1, 0.15) is 17.5 Å². The van der Waals surface area contributed by atoms with Gasteiger partial charge in [0.05, 0.1) is 5.75 Å². The first-order valence-corrected chi connectivity index (χ1v) is 8.48. The fourth-order valence-electron chi connectivity index (χ4n) is 2.13. The van der Waals surface area contributed by atoms with E-state index in [4.69, 9.17) is 0 Å². The van der Waals surface area contributed by atoms with E-state index in [9.17, 15) is 22.8 Å². The number of rotatable bonds is 7. The van der Waals surface area contributed by atoms with E-state index in [1.807, 2.05) is 0 Å². The highest BCUT2D eigenvalue weighted by Crippen LogP contribution is 2.22. The van der Waals surface area contributed by atoms with Crippen molar-refractivity contribution in [3.05, 3.63) is 65.0 Å². The summed E-state index contributed by atoms with van der Waals surface area (Å²) in [5, 5.41) is 2.61. The minimum atomic E-state index is -0.665. The molecule has 0 aliphatic rings. The van der Waals surface area contributed by atoms with Gasteiger partial charge in [-0.2, -0.15) is 0 Å². The molecule has 7 heteroatoms. The normalized spacial score (nSPS) is 10.6. The number of ketones is 1. The van der Waals surface area contributed by atoms with Gasteiger partial charge in [-0.1, -0.05) is 6.07 Å². The molecule has 1 N–H and O–H groups in total. The molecule has 25 heavy (non-hydrogen) atoms. The molecule has 0 spiro atoms. The molecule has 2 rings (SSSR count). The number of carbonyl (C=O) groups excluding carboxylic acids is 2. The number of hydrogen-bond donors (Lipinski definition) is 1. The SMILES string of the molecule is CC(=O)c1ccc(SCC(=O)NCCc2cc(F)cc(F)c2)c(F)c1. The molecule has 0 atom stereocenters. The number of halogens is 3. The molecule has 0 fully saturated rings. The largest absolute Gasteiger partial charge is 0.355 e. The maximum absolute atomic E-state index is 13.8. The first-order valence-electron chi connectivity index (χ1n) is 7.50. The van der Waals surface area contributed by atoms with Gasteiger partial charge < -0.3 is 5.32 Å². The van der Waals surface area contributed by atoms with Crippen LogP contribution in [0, 0.1) is 17.5 Å². The van der Waals surface area contributed by atoms with Crippen molar-refractivity contribution >= 4 is 23.5 Å². The highest BCUT2D eigenvalue weighted by molar-refractivity contribution is 8.00. The second-order valence-electron chi connectivity index (χ2n) is 5.37. The minimum absolute atomic E-state index is 0.00610. The summed E-state index contributed by atoms with van der Waals surface area (Å²) in [6, 6.07) is 7.29. The lowest BCUT2D eigenvalue weighted by Crippen LogP contribution is -2.27. The smallest absolute Gasteiger partial charge is 0.230 e. The number of carbonyl (C=O) groups is 2. The van der Waals surface area contributed by atoms with Crippen LogP contribution in [-0.4, -0.2) is 24.0 Å². The van der Waals surface area contributed by atoms with Crippen molar-refractivity contribution < 1.29 is 22.8 Å². The van der Waals surface area contributed by atoms with Gasteiger partial charge in [-0.15, -0.1) is 11.8 Å². The summed E-state index contributed by atoms with van der Waals surface area (Å²) in [5.41, 5.74) is 0.713. The summed E-state index contributed by atoms with van der Waals surface area (Å²) in [6.07, 6.45) is 0.284. The Bertz CT molecular complexity index is 776. The molecule has 0 saturated heterocycles. The summed E-state index contributed by atoms with van der Waals surface area (Å²) < 4.78 is 39.9. The van der Waals surface area contributed by atoms with Crippen LogP contribution in [0.5, 0.6) is 0 Å². The number of nitrogens with one attached hydrogen (secondary N) is 1. The summed E-state index contributed by atoms with van der Waals surface area (Å²) in [7, 11) is 0. The van der Waals surface area contributed by atoms with Crippen LogP contribution in [0.25, 0.3) is 0 Å². The lowest BCUT2D eigenvalue weighted by molar-refractivity contribution is -0.118. The third kappa shape index (κ3) is 5.94. The quantitative estimate of drug-likeness (QED) is 0.599. The zero-order valence-electron chi connectivity index (χ0n) is 13.4. The molecule has 1 amide bonds. The minimum Gasteiger partial charge on any atom is -0.355 e. The zero-order valence-corrected chi connectivity index (χ0v) is 14.3. The summed E-state index contributed by atoms with van der Waals surface area (Å²) >= 11 is 1.01. The second-order valence-corrected chi connectivity index (χ2v) is 6.38. The third-order valence-electron chi connectivity index (χ3n) is 3.36. The van der Waals surface area contributed by atoms with Crippen LogP contribution < -0.4 is 5.32 Å². The Labute approximate surface area is 147 Å². The van der Waals surface area contributed by atoms with Gasteiger partial charge in [-0.05, 0) is 43.2 Å². The Kier molecular flexibility index (Phi) is 6.64. The third-order valence-corrected chi connectivity index (χ3v) is 4.40. The van der Waals surface area contributed by atoms with Crippen LogP contribution in [0.15, 0.2) is 41.3 Å². The maximum Gasteiger partial charge on any atom is 0.230 e. The number of Topliss-reactive ketones (excluding diaryl/α,β-unsaturated/α-hetero) is 1. The Morgan fingerprint density at radius 3 is 2.32 bits per heavy atom. The molecule has 0 aromatic heterocycles. The second kappa shape index (κ2) is 8.71. The van der Waals surface area contributed by atoms with E-state index in [1.54, 1.807) is 0 Å². The molecular weight excluding hydrogens is 351 g/mol. The van der Waals surface area contributed by atoms with Gasteiger partial charge in [-0.3, -0.25) is 9.59 Å². The number of benzene rings is 2. The van der Waals surface area contributed by atoms with Crippen LogP contribution >= 0.6 is 11.8 Å². The van der Waals surface area contributed by atoms with Crippen LogP contribution in [0.2, 0.25) is 0 Å². The molecule has 0 bridgehead atoms. The Morgan fingerprint density at radius 2 is 1.72 bits per heavy atom. The molecule has 2 aromatic rings. The Hall–Kier alpha value is -2.28. The molecular formula is C18H16F3NO2S. The van der Waals surface area contributed by atoms with Crippen molar-refractivity contribution in [2.45, 2.75) is 18.2 Å². The number of amides is 1. The van der Waals surface area contributed by atoms with Crippen molar-refractivity contribution in [1.29, 1.82) is 0 Å². The Balaban J connectivity index is 1.80. The predicted octanol–water partition coefficient (Wildman–Crippen LogP) is 3.76. The predicted molar refractivity (Wildman–Crippen MR) is 90.2 cm³/mol. The highest BCUT2D eigenvalue weighted by Gasteiger charge is 2.09. The zero-order chi connectivity index (χ0) is 18.4. The maximum atomic E-state index is 13.8. The van der Waals surface area contributed by atoms with Crippen molar-refractivity contribution in [2.75, 3.05) is 12.3 Å². The Morgan fingerprint density at radius 1 is 1.04 bits per heavy atom. The number of thioether (sulfide) groups is 1. The van der Waals surface area contributed by atoms with Gasteiger partial charge in [0, 0.05) is 23.1 Å². The van der Waals surface area contributed by atoms with Gasteiger partial charge >= 0.3 is 0 Å². The average Bonchev–Trinajstić information content (AvgIpc) is 2.52. The number of hydrogen-bond acceptors (Lipinski definition) is 3. The molecule has 0 unspecified atom stereocenters. The van der Waals surface area contributed by atoms with E-state index in [1.165, 1.54) is 31.2 Å². The fourth-order valence-corrected chi connectivity index (χ4v) is 2.88. The van der Waals surface area contributed by atoms with E-state index in [0.29, 0.717) is 5.56 Å². The van der Waals surface area contributed by atoms with Crippen molar-refractivity contribution in [1.82, 2.24) is 5.32 Å². The van der Waals surface area contributed by atoms with E-state index >= 15 is 0 Å². The van der Waals surface area contributed by atoms with Gasteiger partial charge in [0.25, 0.3) is 0 Å². The highest BCUT2D eigenvalue weighted by atomic mass is 32.2. The topological polar surface area (TPSA) is 46.2 Å². The van der Waals surface area contributed by atoms with E-state index in [-0.39, 0.29) is 40.9 Å². The van der Waals surface area contributed by atoms with E-state index in [0.717, 1.165) is 23.9 Å². The standard InChI is InChI=1S/C18H16F3NO2S/c1-11(23)13-2-3-17(16(21)8-13)25-10-18(24)22-5-4-12-6-14(19)9-15(20)7-12/h2-3,6-9H,4-5,10H2,1H3,(H,22,24). The molecule has 0 aliphatic heterocycles. The molecule has 0 saturated carbocycles. The first-order chi connectivity index (χ1) is 11.8. The van der Waals surface area contributed by atoms with Crippen LogP contribution in [0.3, 0.4) is 0 Å². The van der Waals surface area contributed by atoms with Crippen molar-refractivity contribution in [3.8, 4) is 0 Å². The first kappa shape index (κ1) is 19.1. The average molecular weight is 367 g/mol. The molecule has 2 aromatic carbocycles. The van der Waals surface area contributed by atoms with Crippen LogP contribution in [0.4, 0.5) is 13.2 Å². The van der Waals surface area contributed by atoms with Crippen molar-refractivity contribution in [2.24, 2.45) is 0 Å². The van der Waals surface area contributed by atoms with Gasteiger partial charge in [0.15, 0.2) is 5.78 Å². The molecule has 0 radical (unpaired) electrons. The van der Waals surface area contributed by atoms with Crippen LogP contribution in [-0.2, 0) is 11.2 Å².